The SMILES string of the molecule is C=Cc1ccc(C(=O)NC(CCC)C(=O)N2CCC3C2C(=O)CN3S(=O)(=O)c2cccnc2)cc1. The first-order valence-corrected chi connectivity index (χ1v) is 13.0. The number of hydrogen-bond donors (Lipinski definition) is 1. The second-order valence-electron chi connectivity index (χ2n) is 8.68. The summed E-state index contributed by atoms with van der Waals surface area (Å²) in [5.41, 5.74) is 1.28. The van der Waals surface area contributed by atoms with Crippen molar-refractivity contribution < 1.29 is 22.8 Å². The Morgan fingerprint density at radius 3 is 2.63 bits per heavy atom. The van der Waals surface area contributed by atoms with Crippen LogP contribution >= 0.6 is 0 Å². The van der Waals surface area contributed by atoms with Gasteiger partial charge in [0.15, 0.2) is 5.78 Å². The van der Waals surface area contributed by atoms with E-state index in [1.165, 1.54) is 33.7 Å². The molecule has 2 fully saturated rings. The number of carbonyl (C=O) groups is 3. The van der Waals surface area contributed by atoms with Crippen molar-refractivity contribution >= 4 is 33.7 Å². The molecule has 0 spiro atoms. The van der Waals surface area contributed by atoms with Gasteiger partial charge in [0.05, 0.1) is 12.6 Å². The van der Waals surface area contributed by atoms with Crippen molar-refractivity contribution in [3.8, 4) is 0 Å². The fraction of sp³-hybridized carbons (Fsp3) is 0.360. The normalized spacial score (nSPS) is 20.9. The summed E-state index contributed by atoms with van der Waals surface area (Å²) in [7, 11) is -3.93. The number of aromatic nitrogens is 1. The lowest BCUT2D eigenvalue weighted by Gasteiger charge is -2.28. The van der Waals surface area contributed by atoms with Crippen LogP contribution in [0.2, 0.25) is 0 Å². The summed E-state index contributed by atoms with van der Waals surface area (Å²) in [5.74, 6) is -1.08. The number of hydrogen-bond acceptors (Lipinski definition) is 6. The second-order valence-corrected chi connectivity index (χ2v) is 10.6. The molecule has 9 nitrogen and oxygen atoms in total. The first-order chi connectivity index (χ1) is 16.8. The molecule has 1 aromatic heterocycles. The lowest BCUT2D eigenvalue weighted by Crippen LogP contribution is -2.52. The van der Waals surface area contributed by atoms with Gasteiger partial charge in [0.1, 0.15) is 17.0 Å². The number of likely N-dealkylation sites (tertiary alicyclic amines) is 1. The summed E-state index contributed by atoms with van der Waals surface area (Å²) in [4.78, 5) is 44.6. The Kier molecular flexibility index (Phi) is 7.13. The Morgan fingerprint density at radius 1 is 1.26 bits per heavy atom. The predicted octanol–water partition coefficient (Wildman–Crippen LogP) is 1.87. The Balaban J connectivity index is 1.52. The molecular weight excluding hydrogens is 468 g/mol. The topological polar surface area (TPSA) is 117 Å². The summed E-state index contributed by atoms with van der Waals surface area (Å²) in [6.07, 6.45) is 5.78. The Labute approximate surface area is 204 Å². The molecule has 4 rings (SSSR count). The molecule has 3 unspecified atom stereocenters. The van der Waals surface area contributed by atoms with Gasteiger partial charge in [-0.15, -0.1) is 0 Å². The molecule has 10 heteroatoms. The molecule has 184 valence electrons. The Hall–Kier alpha value is -3.37. The maximum atomic E-state index is 13.5. The Bertz CT molecular complexity index is 1230. The third kappa shape index (κ3) is 4.76. The van der Waals surface area contributed by atoms with Gasteiger partial charge in [0, 0.05) is 24.5 Å². The van der Waals surface area contributed by atoms with Crippen LogP contribution in [0, 0.1) is 0 Å². The minimum atomic E-state index is -3.93. The highest BCUT2D eigenvalue weighted by Gasteiger charge is 2.54. The van der Waals surface area contributed by atoms with E-state index in [2.05, 4.69) is 16.9 Å². The average Bonchev–Trinajstić information content (AvgIpc) is 3.45. The first kappa shape index (κ1) is 24.7. The highest BCUT2D eigenvalue weighted by atomic mass is 32.2. The van der Waals surface area contributed by atoms with E-state index in [-0.39, 0.29) is 35.6 Å². The van der Waals surface area contributed by atoms with Crippen molar-refractivity contribution in [1.29, 1.82) is 0 Å². The summed E-state index contributed by atoms with van der Waals surface area (Å²) in [6.45, 7) is 5.54. The molecule has 2 aromatic rings. The van der Waals surface area contributed by atoms with Crippen molar-refractivity contribution in [2.24, 2.45) is 0 Å². The fourth-order valence-corrected chi connectivity index (χ4v) is 6.32. The van der Waals surface area contributed by atoms with Crippen LogP contribution in [-0.2, 0) is 19.6 Å². The number of pyridine rings is 1. The standard InChI is InChI=1S/C25H28N4O5S/c1-3-6-20(27-24(31)18-10-8-17(4-2)9-11-18)25(32)28-14-12-21-23(28)22(30)16-29(21)35(33,34)19-7-5-13-26-15-19/h4-5,7-11,13,15,20-21,23H,2-3,6,12,14,16H2,1H3,(H,27,31). The molecule has 35 heavy (non-hydrogen) atoms. The van der Waals surface area contributed by atoms with Crippen LogP contribution in [0.4, 0.5) is 0 Å². The van der Waals surface area contributed by atoms with Crippen LogP contribution in [0.15, 0.2) is 60.3 Å². The number of carbonyl (C=O) groups excluding carboxylic acids is 3. The predicted molar refractivity (Wildman–Crippen MR) is 130 cm³/mol. The van der Waals surface area contributed by atoms with Crippen LogP contribution in [0.1, 0.15) is 42.1 Å². The number of amides is 2. The number of sulfonamides is 1. The molecule has 1 aromatic carbocycles. The van der Waals surface area contributed by atoms with E-state index >= 15 is 0 Å². The number of Topliss-reactive ketones (excluding diaryl/α,β-unsaturated/α-hetero) is 1. The molecule has 2 aliphatic heterocycles. The lowest BCUT2D eigenvalue weighted by atomic mass is 10.1. The molecule has 1 N–H and O–H groups in total. The van der Waals surface area contributed by atoms with Crippen molar-refractivity contribution in [1.82, 2.24) is 19.5 Å². The van der Waals surface area contributed by atoms with E-state index in [0.29, 0.717) is 24.8 Å². The number of benzene rings is 1. The molecule has 0 aliphatic carbocycles. The first-order valence-electron chi connectivity index (χ1n) is 11.6. The van der Waals surface area contributed by atoms with Gasteiger partial charge >= 0.3 is 0 Å². The molecule has 0 saturated carbocycles. The van der Waals surface area contributed by atoms with Gasteiger partial charge in [-0.05, 0) is 42.7 Å². The van der Waals surface area contributed by atoms with Gasteiger partial charge in [-0.1, -0.05) is 38.1 Å². The molecule has 3 heterocycles. The van der Waals surface area contributed by atoms with E-state index < -0.39 is 28.1 Å². The quantitative estimate of drug-likeness (QED) is 0.596. The van der Waals surface area contributed by atoms with E-state index in [1.54, 1.807) is 30.3 Å². The van der Waals surface area contributed by atoms with Gasteiger partial charge in [0.25, 0.3) is 5.91 Å². The molecule has 0 bridgehead atoms. The lowest BCUT2D eigenvalue weighted by molar-refractivity contribution is -0.138. The van der Waals surface area contributed by atoms with Crippen LogP contribution in [0.25, 0.3) is 6.08 Å². The average molecular weight is 497 g/mol. The smallest absolute Gasteiger partial charge is 0.251 e. The van der Waals surface area contributed by atoms with E-state index in [1.807, 2.05) is 6.92 Å². The van der Waals surface area contributed by atoms with E-state index in [4.69, 9.17) is 0 Å². The molecule has 2 amide bonds. The number of nitrogens with one attached hydrogen (secondary N) is 1. The van der Waals surface area contributed by atoms with Crippen molar-refractivity contribution in [3.05, 3.63) is 66.5 Å². The Morgan fingerprint density at radius 2 is 2.00 bits per heavy atom. The number of rotatable bonds is 8. The van der Waals surface area contributed by atoms with Gasteiger partial charge in [-0.3, -0.25) is 19.4 Å². The summed E-state index contributed by atoms with van der Waals surface area (Å²) >= 11 is 0. The molecule has 2 aliphatic rings. The molecule has 2 saturated heterocycles. The van der Waals surface area contributed by atoms with Gasteiger partial charge < -0.3 is 10.2 Å². The largest absolute Gasteiger partial charge is 0.340 e. The van der Waals surface area contributed by atoms with E-state index in [9.17, 15) is 22.8 Å². The van der Waals surface area contributed by atoms with Crippen molar-refractivity contribution in [3.63, 3.8) is 0 Å². The zero-order valence-electron chi connectivity index (χ0n) is 19.5. The minimum Gasteiger partial charge on any atom is -0.340 e. The minimum absolute atomic E-state index is 0.0109. The molecule has 3 atom stereocenters. The number of nitrogens with zero attached hydrogens (tertiary/aromatic N) is 3. The third-order valence-corrected chi connectivity index (χ3v) is 8.35. The fourth-order valence-electron chi connectivity index (χ4n) is 4.73. The number of fused-ring (bicyclic) bond motifs is 1. The maximum absolute atomic E-state index is 13.5. The molecular formula is C25H28N4O5S. The van der Waals surface area contributed by atoms with E-state index in [0.717, 1.165) is 5.56 Å². The summed E-state index contributed by atoms with van der Waals surface area (Å²) < 4.78 is 27.5. The summed E-state index contributed by atoms with van der Waals surface area (Å²) in [5, 5.41) is 2.80. The molecule has 0 radical (unpaired) electrons. The van der Waals surface area contributed by atoms with Crippen LogP contribution in [0.5, 0.6) is 0 Å². The third-order valence-electron chi connectivity index (χ3n) is 6.49. The van der Waals surface area contributed by atoms with Crippen molar-refractivity contribution in [2.75, 3.05) is 13.1 Å². The number of ketones is 1. The highest BCUT2D eigenvalue weighted by molar-refractivity contribution is 7.89. The van der Waals surface area contributed by atoms with Gasteiger partial charge in [-0.25, -0.2) is 8.42 Å². The highest BCUT2D eigenvalue weighted by Crippen LogP contribution is 2.34. The zero-order valence-corrected chi connectivity index (χ0v) is 20.3. The van der Waals surface area contributed by atoms with Crippen molar-refractivity contribution in [2.45, 2.75) is 49.2 Å². The zero-order chi connectivity index (χ0) is 25.2. The van der Waals surface area contributed by atoms with Crippen LogP contribution in [0.3, 0.4) is 0 Å². The second kappa shape index (κ2) is 10.1. The maximum Gasteiger partial charge on any atom is 0.251 e. The monoisotopic (exact) mass is 496 g/mol. The van der Waals surface area contributed by atoms with Gasteiger partial charge in [0.2, 0.25) is 15.9 Å². The van der Waals surface area contributed by atoms with Crippen LogP contribution < -0.4 is 5.32 Å². The van der Waals surface area contributed by atoms with Crippen LogP contribution in [-0.4, -0.2) is 71.4 Å². The summed E-state index contributed by atoms with van der Waals surface area (Å²) in [6, 6.07) is 7.49. The van der Waals surface area contributed by atoms with Gasteiger partial charge in [-0.2, -0.15) is 4.31 Å².